The second-order valence-corrected chi connectivity index (χ2v) is 10.8. The van der Waals surface area contributed by atoms with Crippen LogP contribution < -0.4 is 14.8 Å². The first-order valence-electron chi connectivity index (χ1n) is 11.5. The molecule has 3 aromatic carbocycles. The lowest BCUT2D eigenvalue weighted by molar-refractivity contribution is -0.123. The summed E-state index contributed by atoms with van der Waals surface area (Å²) in [6, 6.07) is 15.8. The number of hydrogen-bond acceptors (Lipinski definition) is 6. The van der Waals surface area contributed by atoms with Crippen LogP contribution in [0.15, 0.2) is 64.0 Å². The number of benzene rings is 3. The molecule has 4 rings (SSSR count). The zero-order valence-corrected chi connectivity index (χ0v) is 24.0. The number of anilines is 1. The molecule has 196 valence electrons. The molecule has 10 heteroatoms. The molecule has 1 fully saturated rings. The van der Waals surface area contributed by atoms with E-state index in [4.69, 9.17) is 21.1 Å². The Kier molecular flexibility index (Phi) is 8.81. The maximum atomic E-state index is 12.9. The predicted molar refractivity (Wildman–Crippen MR) is 154 cm³/mol. The standard InChI is InChI=1S/C28H24BrClN2O5S/c1-16-17(2)22(9-8-21(16)29)31-26(33)15-37-23-10-7-18(12-24(23)36-3)13-25-27(34)32(28(35)38-25)14-19-5-4-6-20(30)11-19/h4-13H,14-15H2,1-3H3,(H,31,33)/b25-13-. The van der Waals surface area contributed by atoms with Gasteiger partial charge in [-0.2, -0.15) is 0 Å². The average Bonchev–Trinajstić information content (AvgIpc) is 3.15. The third-order valence-electron chi connectivity index (χ3n) is 5.94. The molecular weight excluding hydrogens is 592 g/mol. The van der Waals surface area contributed by atoms with Gasteiger partial charge >= 0.3 is 0 Å². The zero-order chi connectivity index (χ0) is 27.4. The highest BCUT2D eigenvalue weighted by atomic mass is 79.9. The molecule has 0 saturated carbocycles. The smallest absolute Gasteiger partial charge is 0.293 e. The van der Waals surface area contributed by atoms with Gasteiger partial charge in [-0.3, -0.25) is 19.3 Å². The summed E-state index contributed by atoms with van der Waals surface area (Å²) < 4.78 is 12.1. The second kappa shape index (κ2) is 12.1. The van der Waals surface area contributed by atoms with Crippen molar-refractivity contribution < 1.29 is 23.9 Å². The van der Waals surface area contributed by atoms with Crippen LogP contribution in [-0.2, 0) is 16.1 Å². The zero-order valence-electron chi connectivity index (χ0n) is 20.8. The Morgan fingerprint density at radius 1 is 1.08 bits per heavy atom. The minimum Gasteiger partial charge on any atom is -0.493 e. The fourth-order valence-corrected chi connectivity index (χ4v) is 5.23. The number of methoxy groups -OCH3 is 1. The Morgan fingerprint density at radius 3 is 2.61 bits per heavy atom. The van der Waals surface area contributed by atoms with Crippen molar-refractivity contribution >= 4 is 68.1 Å². The van der Waals surface area contributed by atoms with Crippen LogP contribution in [0.5, 0.6) is 11.5 Å². The summed E-state index contributed by atoms with van der Waals surface area (Å²) in [6.07, 6.45) is 1.63. The number of carbonyl (C=O) groups is 3. The summed E-state index contributed by atoms with van der Waals surface area (Å²) in [5, 5.41) is 3.05. The molecule has 1 N–H and O–H groups in total. The Labute approximate surface area is 238 Å². The molecule has 1 aliphatic heterocycles. The number of halogens is 2. The minimum atomic E-state index is -0.380. The van der Waals surface area contributed by atoms with E-state index in [1.54, 1.807) is 42.5 Å². The molecule has 3 amide bonds. The number of rotatable bonds is 8. The molecule has 1 heterocycles. The molecule has 38 heavy (non-hydrogen) atoms. The molecule has 0 aromatic heterocycles. The van der Waals surface area contributed by atoms with Gasteiger partial charge in [0.1, 0.15) is 0 Å². The molecule has 0 spiro atoms. The van der Waals surface area contributed by atoms with Crippen molar-refractivity contribution in [3.8, 4) is 11.5 Å². The van der Waals surface area contributed by atoms with Crippen LogP contribution in [0.25, 0.3) is 6.08 Å². The number of nitrogens with zero attached hydrogens (tertiary/aromatic N) is 1. The van der Waals surface area contributed by atoms with E-state index in [-0.39, 0.29) is 30.2 Å². The van der Waals surface area contributed by atoms with E-state index in [1.807, 2.05) is 32.0 Å². The normalized spacial score (nSPS) is 14.2. The molecular formula is C28H24BrClN2O5S. The Morgan fingerprint density at radius 2 is 1.87 bits per heavy atom. The van der Waals surface area contributed by atoms with Crippen molar-refractivity contribution in [2.75, 3.05) is 19.0 Å². The highest BCUT2D eigenvalue weighted by Gasteiger charge is 2.35. The minimum absolute atomic E-state index is 0.139. The third-order valence-corrected chi connectivity index (χ3v) is 7.94. The van der Waals surface area contributed by atoms with Crippen LogP contribution in [0.1, 0.15) is 22.3 Å². The Hall–Kier alpha value is -3.27. The first-order valence-corrected chi connectivity index (χ1v) is 13.5. The lowest BCUT2D eigenvalue weighted by Crippen LogP contribution is -2.27. The lowest BCUT2D eigenvalue weighted by atomic mass is 10.1. The average molecular weight is 616 g/mol. The van der Waals surface area contributed by atoms with Gasteiger partial charge in [-0.25, -0.2) is 0 Å². The number of carbonyl (C=O) groups excluding carboxylic acids is 3. The van der Waals surface area contributed by atoms with E-state index < -0.39 is 0 Å². The monoisotopic (exact) mass is 614 g/mol. The molecule has 0 bridgehead atoms. The van der Waals surface area contributed by atoms with Gasteiger partial charge in [-0.1, -0.05) is 45.7 Å². The predicted octanol–water partition coefficient (Wildman–Crippen LogP) is 6.98. The van der Waals surface area contributed by atoms with E-state index in [9.17, 15) is 14.4 Å². The van der Waals surface area contributed by atoms with E-state index in [1.165, 1.54) is 12.0 Å². The van der Waals surface area contributed by atoms with Crippen LogP contribution in [0.4, 0.5) is 10.5 Å². The number of ether oxygens (including phenoxy) is 2. The van der Waals surface area contributed by atoms with Gasteiger partial charge in [0, 0.05) is 15.2 Å². The summed E-state index contributed by atoms with van der Waals surface area (Å²) in [5.41, 5.74) is 4.13. The molecule has 0 radical (unpaired) electrons. The molecule has 0 unspecified atom stereocenters. The van der Waals surface area contributed by atoms with Gasteiger partial charge < -0.3 is 14.8 Å². The molecule has 3 aromatic rings. The summed E-state index contributed by atoms with van der Waals surface area (Å²) in [6.45, 7) is 3.83. The fourth-order valence-electron chi connectivity index (χ4n) is 3.75. The Balaban J connectivity index is 1.42. The largest absolute Gasteiger partial charge is 0.493 e. The number of amides is 3. The van der Waals surface area contributed by atoms with E-state index in [0.29, 0.717) is 32.7 Å². The highest BCUT2D eigenvalue weighted by molar-refractivity contribution is 9.10. The number of thioether (sulfide) groups is 1. The quantitative estimate of drug-likeness (QED) is 0.275. The fraction of sp³-hybridized carbons (Fsp3) is 0.179. The summed E-state index contributed by atoms with van der Waals surface area (Å²) in [4.78, 5) is 39.4. The summed E-state index contributed by atoms with van der Waals surface area (Å²) in [7, 11) is 1.48. The Bertz CT molecular complexity index is 1460. The number of imide groups is 1. The van der Waals surface area contributed by atoms with Crippen molar-refractivity contribution in [2.45, 2.75) is 20.4 Å². The van der Waals surface area contributed by atoms with Crippen molar-refractivity contribution in [1.29, 1.82) is 0 Å². The van der Waals surface area contributed by atoms with Gasteiger partial charge in [-0.15, -0.1) is 0 Å². The molecule has 0 aliphatic carbocycles. The van der Waals surface area contributed by atoms with Crippen molar-refractivity contribution in [1.82, 2.24) is 4.90 Å². The van der Waals surface area contributed by atoms with Crippen LogP contribution >= 0.6 is 39.3 Å². The molecule has 1 saturated heterocycles. The second-order valence-electron chi connectivity index (χ2n) is 8.49. The maximum absolute atomic E-state index is 12.9. The van der Waals surface area contributed by atoms with Crippen molar-refractivity contribution in [3.05, 3.63) is 91.3 Å². The van der Waals surface area contributed by atoms with E-state index in [0.717, 1.165) is 32.9 Å². The van der Waals surface area contributed by atoms with Gasteiger partial charge in [0.2, 0.25) is 0 Å². The van der Waals surface area contributed by atoms with E-state index >= 15 is 0 Å². The van der Waals surface area contributed by atoms with E-state index in [2.05, 4.69) is 21.2 Å². The van der Waals surface area contributed by atoms with Crippen LogP contribution in [0, 0.1) is 13.8 Å². The number of hydrogen-bond donors (Lipinski definition) is 1. The first kappa shape index (κ1) is 27.8. The van der Waals surface area contributed by atoms with Gasteiger partial charge in [0.25, 0.3) is 17.1 Å². The topological polar surface area (TPSA) is 84.9 Å². The van der Waals surface area contributed by atoms with Gasteiger partial charge in [0.05, 0.1) is 18.6 Å². The lowest BCUT2D eigenvalue weighted by Gasteiger charge is -2.14. The van der Waals surface area contributed by atoms with Crippen LogP contribution in [0.2, 0.25) is 5.02 Å². The van der Waals surface area contributed by atoms with Gasteiger partial charge in [0.15, 0.2) is 18.1 Å². The third kappa shape index (κ3) is 6.40. The van der Waals surface area contributed by atoms with Crippen molar-refractivity contribution in [2.24, 2.45) is 0 Å². The summed E-state index contributed by atoms with van der Waals surface area (Å²) in [5.74, 6) is 0.0710. The summed E-state index contributed by atoms with van der Waals surface area (Å²) >= 11 is 10.4. The SMILES string of the molecule is COc1cc(/C=C2\SC(=O)N(Cc3cccc(Cl)c3)C2=O)ccc1OCC(=O)Nc1ccc(Br)c(C)c1C. The number of nitrogens with one attached hydrogen (secondary N) is 1. The van der Waals surface area contributed by atoms with Crippen LogP contribution in [0.3, 0.4) is 0 Å². The first-order chi connectivity index (χ1) is 18.2. The molecule has 1 aliphatic rings. The highest BCUT2D eigenvalue weighted by Crippen LogP contribution is 2.35. The molecule has 0 atom stereocenters. The maximum Gasteiger partial charge on any atom is 0.293 e. The van der Waals surface area contributed by atoms with Crippen LogP contribution in [-0.4, -0.2) is 35.7 Å². The van der Waals surface area contributed by atoms with Gasteiger partial charge in [-0.05, 0) is 90.3 Å². The van der Waals surface area contributed by atoms with Crippen molar-refractivity contribution in [3.63, 3.8) is 0 Å². The molecule has 7 nitrogen and oxygen atoms in total.